The number of hydrogen-bond acceptors (Lipinski definition) is 8. The normalized spacial score (nSPS) is 16.3. The van der Waals surface area contributed by atoms with Crippen LogP contribution in [0.2, 0.25) is 0 Å². The molecule has 2 N–H and O–H groups in total. The molecule has 3 heterocycles. The molecule has 11 nitrogen and oxygen atoms in total. The van der Waals surface area contributed by atoms with Gasteiger partial charge in [0.1, 0.15) is 18.0 Å². The fraction of sp³-hybridized carbons (Fsp3) is 0.667. The quantitative estimate of drug-likeness (QED) is 0.516. The molecule has 0 aromatic carbocycles. The first-order chi connectivity index (χ1) is 16.6. The van der Waals surface area contributed by atoms with Gasteiger partial charge in [0.05, 0.1) is 0 Å². The van der Waals surface area contributed by atoms with Crippen molar-refractivity contribution in [2.45, 2.75) is 78.7 Å². The molecular formula is C24H39N7O4. The fourth-order valence-corrected chi connectivity index (χ4v) is 3.79. The Labute approximate surface area is 206 Å². The molecular weight excluding hydrogens is 450 g/mol. The first kappa shape index (κ1) is 26.5. The van der Waals surface area contributed by atoms with E-state index in [0.29, 0.717) is 30.5 Å². The van der Waals surface area contributed by atoms with Gasteiger partial charge in [0.2, 0.25) is 0 Å². The van der Waals surface area contributed by atoms with Gasteiger partial charge in [-0.15, -0.1) is 5.10 Å². The molecule has 2 aromatic heterocycles. The van der Waals surface area contributed by atoms with Crippen LogP contribution in [0.5, 0.6) is 0 Å². The van der Waals surface area contributed by atoms with E-state index >= 15 is 0 Å². The summed E-state index contributed by atoms with van der Waals surface area (Å²) < 4.78 is 14.2. The van der Waals surface area contributed by atoms with Gasteiger partial charge in [-0.1, -0.05) is 13.3 Å². The lowest BCUT2D eigenvalue weighted by Gasteiger charge is -2.34. The number of rotatable bonds is 9. The van der Waals surface area contributed by atoms with Gasteiger partial charge >= 0.3 is 6.09 Å². The molecule has 1 amide bonds. The largest absolute Gasteiger partial charge is 0.444 e. The van der Waals surface area contributed by atoms with Gasteiger partial charge in [-0.2, -0.15) is 9.78 Å². The lowest BCUT2D eigenvalue weighted by atomic mass is 10.1. The Kier molecular flexibility index (Phi) is 8.76. The Morgan fingerprint density at radius 3 is 2.69 bits per heavy atom. The summed E-state index contributed by atoms with van der Waals surface area (Å²) in [6, 6.07) is 3.53. The maximum absolute atomic E-state index is 13.1. The summed E-state index contributed by atoms with van der Waals surface area (Å²) in [4.78, 5) is 27.5. The number of nitrogens with one attached hydrogen (secondary N) is 2. The third kappa shape index (κ3) is 7.71. The molecule has 35 heavy (non-hydrogen) atoms. The average molecular weight is 490 g/mol. The number of unbranched alkanes of at least 4 members (excludes halogenated alkanes) is 1. The molecule has 3 rings (SSSR count). The van der Waals surface area contributed by atoms with Gasteiger partial charge in [0.15, 0.2) is 11.6 Å². The van der Waals surface area contributed by atoms with Gasteiger partial charge < -0.3 is 25.0 Å². The minimum Gasteiger partial charge on any atom is -0.444 e. The number of aromatic nitrogens is 4. The van der Waals surface area contributed by atoms with E-state index in [1.807, 2.05) is 40.8 Å². The Bertz CT molecular complexity index is 1040. The molecule has 1 aliphatic rings. The molecule has 1 fully saturated rings. The zero-order chi connectivity index (χ0) is 25.6. The fourth-order valence-electron chi connectivity index (χ4n) is 3.79. The highest BCUT2D eigenvalue weighted by molar-refractivity contribution is 5.68. The SMILES string of the molecule is CCCCOCn1nc(N2CCCC(NC(=O)OC(C)(C)C)C2)cc(Nc2cc(C)n(C)n2)c1=O. The summed E-state index contributed by atoms with van der Waals surface area (Å²) >= 11 is 0. The van der Waals surface area contributed by atoms with Crippen LogP contribution in [0.15, 0.2) is 16.9 Å². The second-order valence-electron chi connectivity index (χ2n) is 9.96. The van der Waals surface area contributed by atoms with Gasteiger partial charge in [0.25, 0.3) is 5.56 Å². The molecule has 0 saturated carbocycles. The molecule has 2 aromatic rings. The van der Waals surface area contributed by atoms with Crippen molar-refractivity contribution >= 4 is 23.4 Å². The van der Waals surface area contributed by atoms with Crippen LogP contribution in [-0.4, -0.2) is 57.0 Å². The van der Waals surface area contributed by atoms with E-state index in [-0.39, 0.29) is 18.3 Å². The van der Waals surface area contributed by atoms with E-state index in [4.69, 9.17) is 9.47 Å². The first-order valence-electron chi connectivity index (χ1n) is 12.3. The minimum absolute atomic E-state index is 0.0655. The number of alkyl carbamates (subject to hydrolysis) is 1. The van der Waals surface area contributed by atoms with Crippen LogP contribution in [0.4, 0.5) is 22.1 Å². The molecule has 0 spiro atoms. The highest BCUT2D eigenvalue weighted by Crippen LogP contribution is 2.22. The van der Waals surface area contributed by atoms with Crippen molar-refractivity contribution < 1.29 is 14.3 Å². The van der Waals surface area contributed by atoms with Crippen LogP contribution in [0.25, 0.3) is 0 Å². The zero-order valence-corrected chi connectivity index (χ0v) is 21.8. The number of hydrogen-bond donors (Lipinski definition) is 2. The first-order valence-corrected chi connectivity index (χ1v) is 12.3. The van der Waals surface area contributed by atoms with E-state index in [2.05, 4.69) is 32.7 Å². The van der Waals surface area contributed by atoms with Gasteiger partial charge in [-0.25, -0.2) is 4.79 Å². The van der Waals surface area contributed by atoms with E-state index < -0.39 is 11.7 Å². The van der Waals surface area contributed by atoms with E-state index in [1.54, 1.807) is 10.7 Å². The third-order valence-corrected chi connectivity index (χ3v) is 5.66. The number of amides is 1. The predicted molar refractivity (Wildman–Crippen MR) is 135 cm³/mol. The topological polar surface area (TPSA) is 116 Å². The number of piperidine rings is 1. The number of ether oxygens (including phenoxy) is 2. The molecule has 0 bridgehead atoms. The van der Waals surface area contributed by atoms with Gasteiger partial charge in [0, 0.05) is 50.6 Å². The Morgan fingerprint density at radius 1 is 1.26 bits per heavy atom. The van der Waals surface area contributed by atoms with Crippen LogP contribution in [0.1, 0.15) is 59.1 Å². The van der Waals surface area contributed by atoms with Crippen LogP contribution < -0.4 is 21.1 Å². The molecule has 194 valence electrons. The molecule has 1 unspecified atom stereocenters. The molecule has 1 atom stereocenters. The number of carbonyl (C=O) groups is 1. The average Bonchev–Trinajstić information content (AvgIpc) is 3.09. The Balaban J connectivity index is 1.82. The molecule has 1 aliphatic heterocycles. The lowest BCUT2D eigenvalue weighted by Crippen LogP contribution is -2.49. The third-order valence-electron chi connectivity index (χ3n) is 5.66. The summed E-state index contributed by atoms with van der Waals surface area (Å²) in [7, 11) is 1.85. The van der Waals surface area contributed by atoms with Gasteiger partial charge in [-0.3, -0.25) is 9.48 Å². The summed E-state index contributed by atoms with van der Waals surface area (Å²) in [5.41, 5.74) is 0.498. The second-order valence-corrected chi connectivity index (χ2v) is 9.96. The van der Waals surface area contributed by atoms with Crippen LogP contribution in [-0.2, 0) is 23.3 Å². The van der Waals surface area contributed by atoms with Crippen molar-refractivity contribution in [1.82, 2.24) is 24.9 Å². The number of carbonyl (C=O) groups excluding carboxylic acids is 1. The molecule has 0 aliphatic carbocycles. The van der Waals surface area contributed by atoms with Crippen molar-refractivity contribution in [2.24, 2.45) is 7.05 Å². The van der Waals surface area contributed by atoms with E-state index in [0.717, 1.165) is 37.9 Å². The van der Waals surface area contributed by atoms with Crippen molar-refractivity contribution in [3.8, 4) is 0 Å². The lowest BCUT2D eigenvalue weighted by molar-refractivity contribution is 0.0499. The molecule has 11 heteroatoms. The van der Waals surface area contributed by atoms with Crippen LogP contribution >= 0.6 is 0 Å². The maximum atomic E-state index is 13.1. The molecule has 0 radical (unpaired) electrons. The standard InChI is InChI=1S/C24H39N7O4/c1-7-8-12-34-16-31-22(32)19(26-20-13-17(2)29(6)27-20)14-21(28-31)30-11-9-10-18(15-30)25-23(33)35-24(3,4)5/h13-14,18H,7-12,15-16H2,1-6H3,(H,25,33)(H,26,27). The highest BCUT2D eigenvalue weighted by atomic mass is 16.6. The number of anilines is 3. The second kappa shape index (κ2) is 11.6. The maximum Gasteiger partial charge on any atom is 0.407 e. The zero-order valence-electron chi connectivity index (χ0n) is 21.8. The summed E-state index contributed by atoms with van der Waals surface area (Å²) in [6.07, 6.45) is 3.20. The summed E-state index contributed by atoms with van der Waals surface area (Å²) in [5.74, 6) is 1.22. The van der Waals surface area contributed by atoms with E-state index in [9.17, 15) is 9.59 Å². The predicted octanol–water partition coefficient (Wildman–Crippen LogP) is 3.30. The van der Waals surface area contributed by atoms with Crippen LogP contribution in [0.3, 0.4) is 0 Å². The summed E-state index contributed by atoms with van der Waals surface area (Å²) in [5, 5.41) is 15.1. The number of aryl methyl sites for hydroxylation is 2. The molecule has 1 saturated heterocycles. The van der Waals surface area contributed by atoms with Crippen molar-refractivity contribution in [1.29, 1.82) is 0 Å². The Morgan fingerprint density at radius 2 is 2.03 bits per heavy atom. The Hall–Kier alpha value is -3.08. The highest BCUT2D eigenvalue weighted by Gasteiger charge is 2.26. The smallest absolute Gasteiger partial charge is 0.407 e. The number of nitrogens with zero attached hydrogens (tertiary/aromatic N) is 5. The van der Waals surface area contributed by atoms with Crippen LogP contribution in [0, 0.1) is 6.92 Å². The van der Waals surface area contributed by atoms with Crippen molar-refractivity contribution in [3.05, 3.63) is 28.2 Å². The van der Waals surface area contributed by atoms with Crippen molar-refractivity contribution in [3.63, 3.8) is 0 Å². The van der Waals surface area contributed by atoms with E-state index in [1.165, 1.54) is 4.68 Å². The van der Waals surface area contributed by atoms with Gasteiger partial charge in [-0.05, 0) is 47.0 Å². The summed E-state index contributed by atoms with van der Waals surface area (Å²) in [6.45, 7) is 11.5. The monoisotopic (exact) mass is 489 g/mol. The minimum atomic E-state index is -0.558. The van der Waals surface area contributed by atoms with Crippen molar-refractivity contribution in [2.75, 3.05) is 29.9 Å².